The summed E-state index contributed by atoms with van der Waals surface area (Å²) in [5.41, 5.74) is 0.338. The predicted octanol–water partition coefficient (Wildman–Crippen LogP) is 1.25. The number of esters is 1. The first-order chi connectivity index (χ1) is 9.45. The number of carbonyl (C=O) groups excluding carboxylic acids is 3. The lowest BCUT2D eigenvalue weighted by molar-refractivity contribution is -0.137. The van der Waals surface area contributed by atoms with Gasteiger partial charge in [0.25, 0.3) is 5.78 Å². The molecule has 1 heterocycles. The molecule has 106 valence electrons. The maximum atomic E-state index is 11.9. The Kier molecular flexibility index (Phi) is 3.99. The third-order valence-electron chi connectivity index (χ3n) is 2.98. The molecule has 0 amide bonds. The highest BCUT2D eigenvalue weighted by Crippen LogP contribution is 2.34. The average Bonchev–Trinajstić information content (AvgIpc) is 2.76. The van der Waals surface area contributed by atoms with Crippen molar-refractivity contribution in [2.75, 3.05) is 6.61 Å². The van der Waals surface area contributed by atoms with Gasteiger partial charge in [-0.25, -0.2) is 9.59 Å². The number of hydrogen-bond acceptors (Lipinski definition) is 6. The summed E-state index contributed by atoms with van der Waals surface area (Å²) in [4.78, 5) is 46.6. The maximum absolute atomic E-state index is 11.9. The van der Waals surface area contributed by atoms with Crippen molar-refractivity contribution in [2.24, 2.45) is 0 Å². The highest BCUT2D eigenvalue weighted by atomic mass is 32.1. The predicted molar refractivity (Wildman–Crippen MR) is 69.3 cm³/mol. The largest absolute Gasteiger partial charge is 0.478 e. The molecule has 0 bridgehead atoms. The number of hydrogen-bond donors (Lipinski definition) is 1. The van der Waals surface area contributed by atoms with Crippen molar-refractivity contribution in [1.29, 1.82) is 0 Å². The van der Waals surface area contributed by atoms with Crippen LogP contribution in [-0.4, -0.2) is 35.2 Å². The van der Waals surface area contributed by atoms with E-state index in [4.69, 9.17) is 0 Å². The molecule has 0 fully saturated rings. The minimum absolute atomic E-state index is 0.00539. The van der Waals surface area contributed by atoms with Crippen molar-refractivity contribution in [3.05, 3.63) is 20.9 Å². The van der Waals surface area contributed by atoms with Crippen LogP contribution in [0.15, 0.2) is 0 Å². The number of carboxylic acids is 1. The molecule has 0 saturated carbocycles. The van der Waals surface area contributed by atoms with Gasteiger partial charge in [0.2, 0.25) is 0 Å². The molecule has 0 unspecified atom stereocenters. The fraction of sp³-hybridized carbons (Fsp3) is 0.385. The molecule has 0 aliphatic heterocycles. The van der Waals surface area contributed by atoms with Crippen molar-refractivity contribution >= 4 is 34.8 Å². The zero-order valence-electron chi connectivity index (χ0n) is 10.7. The molecule has 7 heteroatoms. The third-order valence-corrected chi connectivity index (χ3v) is 4.21. The molecule has 6 nitrogen and oxygen atoms in total. The number of fused-ring (bicyclic) bond motifs is 1. The van der Waals surface area contributed by atoms with Crippen LogP contribution < -0.4 is 0 Å². The zero-order valence-corrected chi connectivity index (χ0v) is 11.5. The van der Waals surface area contributed by atoms with Gasteiger partial charge in [0.1, 0.15) is 5.78 Å². The second-order valence-corrected chi connectivity index (χ2v) is 5.38. The van der Waals surface area contributed by atoms with Gasteiger partial charge in [-0.3, -0.25) is 9.59 Å². The second-order valence-electron chi connectivity index (χ2n) is 4.28. The quantitative estimate of drug-likeness (QED) is 0.510. The van der Waals surface area contributed by atoms with E-state index >= 15 is 0 Å². The van der Waals surface area contributed by atoms with Crippen LogP contribution in [0.25, 0.3) is 0 Å². The first-order valence-corrected chi connectivity index (χ1v) is 6.88. The Bertz CT molecular complexity index is 613. The number of rotatable bonds is 4. The van der Waals surface area contributed by atoms with Crippen LogP contribution in [0.1, 0.15) is 43.8 Å². The van der Waals surface area contributed by atoms with Gasteiger partial charge in [-0.2, -0.15) is 0 Å². The third kappa shape index (κ3) is 2.49. The number of thiophene rings is 1. The topological polar surface area (TPSA) is 97.7 Å². The minimum atomic E-state index is -1.26. The van der Waals surface area contributed by atoms with Crippen molar-refractivity contribution in [3.63, 3.8) is 0 Å². The molecule has 1 aliphatic carbocycles. The number of ether oxygens (including phenoxy) is 1. The molecule has 1 aliphatic rings. The van der Waals surface area contributed by atoms with Crippen LogP contribution >= 0.6 is 11.3 Å². The van der Waals surface area contributed by atoms with Crippen LogP contribution in [0.5, 0.6) is 0 Å². The summed E-state index contributed by atoms with van der Waals surface area (Å²) >= 11 is 0.904. The monoisotopic (exact) mass is 296 g/mol. The van der Waals surface area contributed by atoms with Crippen LogP contribution in [0.2, 0.25) is 0 Å². The molecule has 20 heavy (non-hydrogen) atoms. The van der Waals surface area contributed by atoms with Gasteiger partial charge in [0.05, 0.1) is 17.0 Å². The first-order valence-electron chi connectivity index (χ1n) is 6.06. The van der Waals surface area contributed by atoms with E-state index in [1.54, 1.807) is 6.92 Å². The average molecular weight is 296 g/mol. The molecule has 1 aromatic rings. The van der Waals surface area contributed by atoms with E-state index in [0.717, 1.165) is 11.3 Å². The highest BCUT2D eigenvalue weighted by molar-refractivity contribution is 7.15. The second kappa shape index (κ2) is 5.54. The molecule has 0 aromatic carbocycles. The summed E-state index contributed by atoms with van der Waals surface area (Å²) < 4.78 is 4.60. The van der Waals surface area contributed by atoms with Gasteiger partial charge in [0.15, 0.2) is 0 Å². The van der Waals surface area contributed by atoms with Crippen LogP contribution in [-0.2, 0) is 27.2 Å². The lowest BCUT2D eigenvalue weighted by Crippen LogP contribution is -2.19. The highest BCUT2D eigenvalue weighted by Gasteiger charge is 2.33. The number of Topliss-reactive ketones (excluding diaryl/α,β-unsaturated/α-hetero) is 2. The van der Waals surface area contributed by atoms with Crippen molar-refractivity contribution in [1.82, 2.24) is 0 Å². The Labute approximate surface area is 118 Å². The van der Waals surface area contributed by atoms with Gasteiger partial charge < -0.3 is 9.84 Å². The number of aromatic carboxylic acids is 1. The fourth-order valence-electron chi connectivity index (χ4n) is 2.13. The van der Waals surface area contributed by atoms with Crippen molar-refractivity contribution in [2.45, 2.75) is 26.2 Å². The van der Waals surface area contributed by atoms with E-state index in [9.17, 15) is 24.3 Å². The summed E-state index contributed by atoms with van der Waals surface area (Å²) in [7, 11) is 0. The summed E-state index contributed by atoms with van der Waals surface area (Å²) in [5, 5.41) is 9.25. The van der Waals surface area contributed by atoms with Crippen molar-refractivity contribution < 1.29 is 29.0 Å². The summed E-state index contributed by atoms with van der Waals surface area (Å²) in [5.74, 6) is -3.29. The molecule has 0 saturated heterocycles. The lowest BCUT2D eigenvalue weighted by atomic mass is 9.93. The summed E-state index contributed by atoms with van der Waals surface area (Å²) in [6.07, 6.45) is 0.676. The van der Waals surface area contributed by atoms with E-state index in [0.29, 0.717) is 16.9 Å². The van der Waals surface area contributed by atoms with Gasteiger partial charge in [0, 0.05) is 17.7 Å². The van der Waals surface area contributed by atoms with Crippen LogP contribution in [0.4, 0.5) is 0 Å². The number of carbonyl (C=O) groups is 4. The van der Waals surface area contributed by atoms with Gasteiger partial charge in [-0.1, -0.05) is 0 Å². The van der Waals surface area contributed by atoms with E-state index < -0.39 is 17.7 Å². The van der Waals surface area contributed by atoms with Crippen molar-refractivity contribution in [3.8, 4) is 0 Å². The summed E-state index contributed by atoms with van der Waals surface area (Å²) in [6, 6.07) is 0. The molecule has 0 spiro atoms. The van der Waals surface area contributed by atoms with Gasteiger partial charge in [-0.15, -0.1) is 11.3 Å². The summed E-state index contributed by atoms with van der Waals surface area (Å²) in [6.45, 7) is 1.60. The maximum Gasteiger partial charge on any atom is 0.380 e. The Hall–Kier alpha value is -2.02. The Balaban J connectivity index is 2.48. The van der Waals surface area contributed by atoms with E-state index in [1.165, 1.54) is 0 Å². The van der Waals surface area contributed by atoms with Gasteiger partial charge >= 0.3 is 11.9 Å². The molecule has 0 atom stereocenters. The Morgan fingerprint density at radius 3 is 2.60 bits per heavy atom. The lowest BCUT2D eigenvalue weighted by Gasteiger charge is -2.10. The van der Waals surface area contributed by atoms with E-state index in [1.807, 2.05) is 0 Å². The van der Waals surface area contributed by atoms with Gasteiger partial charge in [-0.05, 0) is 18.9 Å². The van der Waals surface area contributed by atoms with Crippen LogP contribution in [0.3, 0.4) is 0 Å². The van der Waals surface area contributed by atoms with E-state index in [-0.39, 0.29) is 35.7 Å². The molecular formula is C13H12O6S. The molecule has 2 rings (SSSR count). The molecule has 1 N–H and O–H groups in total. The SMILES string of the molecule is CCOC(=O)C(=O)c1sc2c(c1C(=O)O)CCC(=O)C2. The smallest absolute Gasteiger partial charge is 0.380 e. The zero-order chi connectivity index (χ0) is 14.9. The molecule has 1 aromatic heterocycles. The normalized spacial score (nSPS) is 13.8. The molecular weight excluding hydrogens is 284 g/mol. The Morgan fingerprint density at radius 2 is 2.00 bits per heavy atom. The number of carboxylic acid groups (broad SMARTS) is 1. The number of ketones is 2. The fourth-order valence-corrected chi connectivity index (χ4v) is 3.42. The standard InChI is InChI=1S/C13H12O6S/c1-2-19-13(18)10(15)11-9(12(16)17)7-4-3-6(14)5-8(7)20-11/h2-5H2,1H3,(H,16,17). The Morgan fingerprint density at radius 1 is 1.30 bits per heavy atom. The van der Waals surface area contributed by atoms with Crippen LogP contribution in [0, 0.1) is 0 Å². The minimum Gasteiger partial charge on any atom is -0.478 e. The van der Waals surface area contributed by atoms with E-state index in [2.05, 4.69) is 4.74 Å². The first kappa shape index (κ1) is 14.4. The molecule has 0 radical (unpaired) electrons.